The van der Waals surface area contributed by atoms with Crippen LogP contribution in [-0.4, -0.2) is 50.1 Å². The Hall–Kier alpha value is -2.57. The van der Waals surface area contributed by atoms with Gasteiger partial charge in [0.15, 0.2) is 0 Å². The van der Waals surface area contributed by atoms with Crippen molar-refractivity contribution in [3.05, 3.63) is 64.7 Å². The molecule has 2 aromatic carbocycles. The predicted octanol–water partition coefficient (Wildman–Crippen LogP) is 2.68. The highest BCUT2D eigenvalue weighted by Gasteiger charge is 2.25. The van der Waals surface area contributed by atoms with E-state index in [9.17, 15) is 9.59 Å². The van der Waals surface area contributed by atoms with Gasteiger partial charge in [0, 0.05) is 11.6 Å². The molecular formula is C20H21ClN2O4. The second-order valence-corrected chi connectivity index (χ2v) is 6.57. The van der Waals surface area contributed by atoms with Gasteiger partial charge < -0.3 is 19.7 Å². The van der Waals surface area contributed by atoms with Crippen molar-refractivity contribution >= 4 is 23.4 Å². The van der Waals surface area contributed by atoms with E-state index in [1.165, 1.54) is 13.2 Å². The third-order valence-electron chi connectivity index (χ3n) is 4.40. The number of carbonyl (C=O) groups is 2. The number of carbonyl (C=O) groups excluding carboxylic acids is 2. The van der Waals surface area contributed by atoms with Crippen LogP contribution in [0.5, 0.6) is 5.75 Å². The molecule has 1 aliphatic rings. The number of nitrogens with zero attached hydrogens (tertiary/aromatic N) is 1. The summed E-state index contributed by atoms with van der Waals surface area (Å²) in [5, 5.41) is 3.07. The van der Waals surface area contributed by atoms with Crippen LogP contribution in [0.3, 0.4) is 0 Å². The summed E-state index contributed by atoms with van der Waals surface area (Å²) in [4.78, 5) is 26.6. The summed E-state index contributed by atoms with van der Waals surface area (Å²) in [6.07, 6.45) is -0.160. The van der Waals surface area contributed by atoms with Crippen LogP contribution in [0.1, 0.15) is 22.0 Å². The SMILES string of the molecule is COc1ccc(Cl)cc1C(=O)NCC(=O)N1CCO[C@@H](c2ccccc2)C1. The van der Waals surface area contributed by atoms with E-state index >= 15 is 0 Å². The molecule has 0 aromatic heterocycles. The Morgan fingerprint density at radius 3 is 2.78 bits per heavy atom. The highest BCUT2D eigenvalue weighted by Crippen LogP contribution is 2.23. The summed E-state index contributed by atoms with van der Waals surface area (Å²) >= 11 is 5.95. The molecule has 3 rings (SSSR count). The maximum atomic E-state index is 12.5. The maximum absolute atomic E-state index is 12.5. The maximum Gasteiger partial charge on any atom is 0.255 e. The van der Waals surface area contributed by atoms with E-state index in [0.29, 0.717) is 36.0 Å². The Morgan fingerprint density at radius 1 is 1.26 bits per heavy atom. The fourth-order valence-corrected chi connectivity index (χ4v) is 3.14. The van der Waals surface area contributed by atoms with Crippen molar-refractivity contribution in [3.63, 3.8) is 0 Å². The van der Waals surface area contributed by atoms with Crippen molar-refractivity contribution in [2.24, 2.45) is 0 Å². The first-order valence-electron chi connectivity index (χ1n) is 8.64. The number of benzene rings is 2. The van der Waals surface area contributed by atoms with E-state index in [1.54, 1.807) is 17.0 Å². The smallest absolute Gasteiger partial charge is 0.255 e. The van der Waals surface area contributed by atoms with Crippen LogP contribution in [0, 0.1) is 0 Å². The molecular weight excluding hydrogens is 368 g/mol. The van der Waals surface area contributed by atoms with Crippen LogP contribution >= 0.6 is 11.6 Å². The van der Waals surface area contributed by atoms with Gasteiger partial charge in [0.1, 0.15) is 11.9 Å². The molecule has 0 bridgehead atoms. The summed E-state index contributed by atoms with van der Waals surface area (Å²) in [7, 11) is 1.47. The molecule has 6 nitrogen and oxygen atoms in total. The van der Waals surface area contributed by atoms with E-state index in [2.05, 4.69) is 5.32 Å². The first-order chi connectivity index (χ1) is 13.1. The minimum atomic E-state index is -0.407. The molecule has 142 valence electrons. The van der Waals surface area contributed by atoms with Gasteiger partial charge >= 0.3 is 0 Å². The third-order valence-corrected chi connectivity index (χ3v) is 4.63. The molecule has 1 N–H and O–H groups in total. The molecule has 0 unspecified atom stereocenters. The van der Waals surface area contributed by atoms with Crippen LogP contribution in [0.2, 0.25) is 5.02 Å². The van der Waals surface area contributed by atoms with Crippen molar-refractivity contribution < 1.29 is 19.1 Å². The molecule has 1 saturated heterocycles. The summed E-state index contributed by atoms with van der Waals surface area (Å²) < 4.78 is 10.9. The first-order valence-corrected chi connectivity index (χ1v) is 9.02. The Bertz CT molecular complexity index is 813. The fourth-order valence-electron chi connectivity index (χ4n) is 2.97. The number of ether oxygens (including phenoxy) is 2. The average molecular weight is 389 g/mol. The predicted molar refractivity (Wildman–Crippen MR) is 102 cm³/mol. The fraction of sp³-hybridized carbons (Fsp3) is 0.300. The quantitative estimate of drug-likeness (QED) is 0.855. The van der Waals surface area contributed by atoms with E-state index in [0.717, 1.165) is 5.56 Å². The molecule has 2 amide bonds. The lowest BCUT2D eigenvalue weighted by Gasteiger charge is -2.33. The minimum Gasteiger partial charge on any atom is -0.496 e. The lowest BCUT2D eigenvalue weighted by Crippen LogP contribution is -2.46. The monoisotopic (exact) mass is 388 g/mol. The average Bonchev–Trinajstić information content (AvgIpc) is 2.72. The van der Waals surface area contributed by atoms with Gasteiger partial charge in [-0.2, -0.15) is 0 Å². The molecule has 1 aliphatic heterocycles. The highest BCUT2D eigenvalue weighted by atomic mass is 35.5. The molecule has 27 heavy (non-hydrogen) atoms. The summed E-state index contributed by atoms with van der Waals surface area (Å²) in [5.41, 5.74) is 1.32. The topological polar surface area (TPSA) is 67.9 Å². The van der Waals surface area contributed by atoms with Crippen LogP contribution in [0.4, 0.5) is 0 Å². The van der Waals surface area contributed by atoms with Crippen molar-refractivity contribution in [2.75, 3.05) is 33.4 Å². The second kappa shape index (κ2) is 8.88. The summed E-state index contributed by atoms with van der Waals surface area (Å²) in [5.74, 6) is -0.163. The van der Waals surface area contributed by atoms with Crippen molar-refractivity contribution in [1.29, 1.82) is 0 Å². The van der Waals surface area contributed by atoms with Gasteiger partial charge in [0.05, 0.1) is 32.4 Å². The molecule has 1 atom stereocenters. The minimum absolute atomic E-state index is 0.101. The Labute approximate surface area is 163 Å². The number of methoxy groups -OCH3 is 1. The van der Waals surface area contributed by atoms with Gasteiger partial charge in [0.25, 0.3) is 5.91 Å². The molecule has 2 aromatic rings. The lowest BCUT2D eigenvalue weighted by molar-refractivity contribution is -0.137. The number of nitrogens with one attached hydrogen (secondary N) is 1. The van der Waals surface area contributed by atoms with Crippen molar-refractivity contribution in [2.45, 2.75) is 6.10 Å². The van der Waals surface area contributed by atoms with Gasteiger partial charge in [-0.1, -0.05) is 41.9 Å². The van der Waals surface area contributed by atoms with E-state index in [4.69, 9.17) is 21.1 Å². The Kier molecular flexibility index (Phi) is 6.32. The molecule has 0 spiro atoms. The number of halogens is 1. The zero-order chi connectivity index (χ0) is 19.2. The highest BCUT2D eigenvalue weighted by molar-refractivity contribution is 6.31. The van der Waals surface area contributed by atoms with Crippen LogP contribution in [-0.2, 0) is 9.53 Å². The number of hydrogen-bond acceptors (Lipinski definition) is 4. The number of rotatable bonds is 5. The largest absolute Gasteiger partial charge is 0.496 e. The molecule has 1 fully saturated rings. The van der Waals surface area contributed by atoms with Crippen LogP contribution in [0.15, 0.2) is 48.5 Å². The third kappa shape index (κ3) is 4.78. The molecule has 0 radical (unpaired) electrons. The zero-order valence-corrected chi connectivity index (χ0v) is 15.7. The van der Waals surface area contributed by atoms with Gasteiger partial charge in [-0.05, 0) is 23.8 Å². The van der Waals surface area contributed by atoms with E-state index < -0.39 is 5.91 Å². The molecule has 7 heteroatoms. The van der Waals surface area contributed by atoms with Gasteiger partial charge in [-0.3, -0.25) is 9.59 Å². The van der Waals surface area contributed by atoms with Gasteiger partial charge in [0.2, 0.25) is 5.91 Å². The van der Waals surface area contributed by atoms with Crippen LogP contribution in [0.25, 0.3) is 0 Å². The summed E-state index contributed by atoms with van der Waals surface area (Å²) in [6.45, 7) is 1.31. The normalized spacial score (nSPS) is 16.7. The summed E-state index contributed by atoms with van der Waals surface area (Å²) in [6, 6.07) is 14.5. The molecule has 1 heterocycles. The van der Waals surface area contributed by atoms with Crippen molar-refractivity contribution in [1.82, 2.24) is 10.2 Å². The number of amides is 2. The van der Waals surface area contributed by atoms with Crippen LogP contribution < -0.4 is 10.1 Å². The Morgan fingerprint density at radius 2 is 2.04 bits per heavy atom. The Balaban J connectivity index is 1.59. The molecule has 0 aliphatic carbocycles. The van der Waals surface area contributed by atoms with Crippen molar-refractivity contribution in [3.8, 4) is 5.75 Å². The second-order valence-electron chi connectivity index (χ2n) is 6.14. The standard InChI is InChI=1S/C20H21ClN2O4/c1-26-17-8-7-15(21)11-16(17)20(25)22-12-19(24)23-9-10-27-18(13-23)14-5-3-2-4-6-14/h2-8,11,18H,9-10,12-13H2,1H3,(H,22,25)/t18-/m1/s1. The van der Waals surface area contributed by atoms with Gasteiger partial charge in [-0.15, -0.1) is 0 Å². The first kappa shape index (κ1) is 19.2. The number of hydrogen-bond donors (Lipinski definition) is 1. The lowest BCUT2D eigenvalue weighted by atomic mass is 10.1. The van der Waals surface area contributed by atoms with Gasteiger partial charge in [-0.25, -0.2) is 0 Å². The zero-order valence-electron chi connectivity index (χ0n) is 15.0. The molecule has 0 saturated carbocycles. The number of morpholine rings is 1. The van der Waals surface area contributed by atoms with E-state index in [1.807, 2.05) is 30.3 Å². The van der Waals surface area contributed by atoms with E-state index in [-0.39, 0.29) is 18.6 Å².